The fourth-order valence-corrected chi connectivity index (χ4v) is 2.48. The number of aromatic nitrogens is 4. The number of nitrogen functional groups attached to an aromatic ring is 2. The van der Waals surface area contributed by atoms with Crippen LogP contribution < -0.4 is 20.9 Å². The molecular formula is C17H20N6O2. The number of nitrogens with two attached hydrogens (primary N) is 2. The lowest BCUT2D eigenvalue weighted by Gasteiger charge is -2.18. The Labute approximate surface area is 145 Å². The van der Waals surface area contributed by atoms with Gasteiger partial charge in [0.15, 0.2) is 11.6 Å². The number of nitrogens with zero attached hydrogens (tertiary/aromatic N) is 3. The van der Waals surface area contributed by atoms with Gasteiger partial charge in [-0.3, -0.25) is 0 Å². The molecule has 2 aromatic heterocycles. The van der Waals surface area contributed by atoms with Crippen molar-refractivity contribution in [2.75, 3.05) is 18.6 Å². The Morgan fingerprint density at radius 1 is 1.08 bits per heavy atom. The van der Waals surface area contributed by atoms with Gasteiger partial charge in [0, 0.05) is 18.0 Å². The van der Waals surface area contributed by atoms with E-state index in [0.29, 0.717) is 23.1 Å². The molecular weight excluding hydrogens is 320 g/mol. The highest BCUT2D eigenvalue weighted by Crippen LogP contribution is 2.40. The third-order valence-electron chi connectivity index (χ3n) is 3.73. The minimum atomic E-state index is 0.0972. The van der Waals surface area contributed by atoms with Crippen molar-refractivity contribution in [3.63, 3.8) is 0 Å². The highest BCUT2D eigenvalue weighted by Gasteiger charge is 2.18. The molecule has 0 bridgehead atoms. The molecule has 25 heavy (non-hydrogen) atoms. The van der Waals surface area contributed by atoms with E-state index < -0.39 is 0 Å². The summed E-state index contributed by atoms with van der Waals surface area (Å²) in [7, 11) is 1.62. The number of anilines is 2. The van der Waals surface area contributed by atoms with Gasteiger partial charge < -0.3 is 25.9 Å². The van der Waals surface area contributed by atoms with Gasteiger partial charge in [0.2, 0.25) is 5.95 Å². The van der Waals surface area contributed by atoms with Gasteiger partial charge in [-0.1, -0.05) is 13.8 Å². The third kappa shape index (κ3) is 3.32. The number of imidazole rings is 1. The van der Waals surface area contributed by atoms with E-state index in [-0.39, 0.29) is 17.7 Å². The molecule has 0 aliphatic rings. The summed E-state index contributed by atoms with van der Waals surface area (Å²) in [6.45, 7) is 4.13. The molecule has 8 nitrogen and oxygen atoms in total. The summed E-state index contributed by atoms with van der Waals surface area (Å²) in [6.07, 6.45) is 4.88. The average molecular weight is 340 g/mol. The molecule has 0 amide bonds. The summed E-state index contributed by atoms with van der Waals surface area (Å²) in [5.74, 6) is 2.82. The lowest BCUT2D eigenvalue weighted by Crippen LogP contribution is -2.03. The molecule has 1 aromatic carbocycles. The van der Waals surface area contributed by atoms with Crippen LogP contribution in [0.1, 0.15) is 25.3 Å². The molecule has 0 saturated heterocycles. The van der Waals surface area contributed by atoms with Crippen LogP contribution in [0.15, 0.2) is 30.7 Å². The first-order valence-electron chi connectivity index (χ1n) is 7.77. The number of H-pyrrole nitrogens is 1. The van der Waals surface area contributed by atoms with Crippen molar-refractivity contribution in [1.82, 2.24) is 19.9 Å². The number of benzene rings is 1. The van der Waals surface area contributed by atoms with E-state index in [0.717, 1.165) is 11.1 Å². The largest absolute Gasteiger partial charge is 0.496 e. The Hall–Kier alpha value is -3.29. The third-order valence-corrected chi connectivity index (χ3v) is 3.73. The van der Waals surface area contributed by atoms with E-state index in [1.807, 2.05) is 12.1 Å². The fraction of sp³-hybridized carbons (Fsp3) is 0.235. The second-order valence-electron chi connectivity index (χ2n) is 5.76. The van der Waals surface area contributed by atoms with Crippen LogP contribution in [-0.2, 0) is 0 Å². The minimum Gasteiger partial charge on any atom is -0.496 e. The number of hydrogen-bond donors (Lipinski definition) is 3. The van der Waals surface area contributed by atoms with E-state index in [9.17, 15) is 0 Å². The smallest absolute Gasteiger partial charge is 0.222 e. The molecule has 8 heteroatoms. The molecule has 0 spiro atoms. The quantitative estimate of drug-likeness (QED) is 0.652. The average Bonchev–Trinajstić information content (AvgIpc) is 3.11. The predicted octanol–water partition coefficient (Wildman–Crippen LogP) is 2.96. The van der Waals surface area contributed by atoms with Crippen molar-refractivity contribution in [3.8, 4) is 28.6 Å². The maximum Gasteiger partial charge on any atom is 0.222 e. The molecule has 3 aromatic rings. The Morgan fingerprint density at radius 2 is 1.88 bits per heavy atom. The summed E-state index contributed by atoms with van der Waals surface area (Å²) in [6, 6.07) is 3.80. The van der Waals surface area contributed by atoms with E-state index in [1.165, 1.54) is 6.20 Å². The van der Waals surface area contributed by atoms with Crippen LogP contribution in [0.5, 0.6) is 17.2 Å². The minimum absolute atomic E-state index is 0.0972. The number of aromatic amines is 1. The normalized spacial score (nSPS) is 10.9. The Kier molecular flexibility index (Phi) is 4.42. The molecule has 0 radical (unpaired) electrons. The number of nitrogens with one attached hydrogen (secondary N) is 1. The molecule has 0 aliphatic heterocycles. The van der Waals surface area contributed by atoms with E-state index in [4.69, 9.17) is 20.9 Å². The highest BCUT2D eigenvalue weighted by atomic mass is 16.5. The zero-order valence-corrected chi connectivity index (χ0v) is 14.3. The maximum absolute atomic E-state index is 5.99. The molecule has 0 unspecified atom stereocenters. The first kappa shape index (κ1) is 16.6. The van der Waals surface area contributed by atoms with Crippen molar-refractivity contribution < 1.29 is 9.47 Å². The molecule has 3 rings (SSSR count). The number of ether oxygens (including phenoxy) is 2. The molecule has 0 aliphatic carbocycles. The van der Waals surface area contributed by atoms with Crippen LogP contribution in [0.25, 0.3) is 11.4 Å². The topological polar surface area (TPSA) is 125 Å². The lowest BCUT2D eigenvalue weighted by molar-refractivity contribution is 0.412. The van der Waals surface area contributed by atoms with Crippen molar-refractivity contribution in [3.05, 3.63) is 36.3 Å². The zero-order chi connectivity index (χ0) is 18.0. The van der Waals surface area contributed by atoms with Crippen LogP contribution >= 0.6 is 0 Å². The SMILES string of the molecule is COc1cc(C(C)C)c(Oc2cnc(N)nc2N)cc1-c1ncc[nH]1. The van der Waals surface area contributed by atoms with Gasteiger partial charge in [-0.25, -0.2) is 9.97 Å². The first-order valence-corrected chi connectivity index (χ1v) is 7.77. The molecule has 0 fully saturated rings. The van der Waals surface area contributed by atoms with E-state index in [2.05, 4.69) is 33.8 Å². The second-order valence-corrected chi connectivity index (χ2v) is 5.76. The lowest BCUT2D eigenvalue weighted by atomic mass is 9.99. The van der Waals surface area contributed by atoms with E-state index in [1.54, 1.807) is 19.5 Å². The summed E-state index contributed by atoms with van der Waals surface area (Å²) in [4.78, 5) is 15.2. The van der Waals surface area contributed by atoms with E-state index >= 15 is 0 Å². The maximum atomic E-state index is 5.99. The van der Waals surface area contributed by atoms with Crippen LogP contribution in [0.4, 0.5) is 11.8 Å². The number of methoxy groups -OCH3 is 1. The van der Waals surface area contributed by atoms with Crippen molar-refractivity contribution >= 4 is 11.8 Å². The van der Waals surface area contributed by atoms with Gasteiger partial charge in [0.25, 0.3) is 0 Å². The van der Waals surface area contributed by atoms with Gasteiger partial charge in [-0.05, 0) is 18.1 Å². The summed E-state index contributed by atoms with van der Waals surface area (Å²) < 4.78 is 11.5. The fourth-order valence-electron chi connectivity index (χ4n) is 2.48. The summed E-state index contributed by atoms with van der Waals surface area (Å²) in [5, 5.41) is 0. The van der Waals surface area contributed by atoms with Gasteiger partial charge in [-0.2, -0.15) is 4.98 Å². The highest BCUT2D eigenvalue weighted by molar-refractivity contribution is 5.69. The Bertz CT molecular complexity index is 877. The Balaban J connectivity index is 2.11. The predicted molar refractivity (Wildman–Crippen MR) is 95.6 cm³/mol. The zero-order valence-electron chi connectivity index (χ0n) is 14.3. The van der Waals surface area contributed by atoms with Crippen molar-refractivity contribution in [2.45, 2.75) is 19.8 Å². The molecule has 130 valence electrons. The standard InChI is InChI=1S/C17H20N6O2/c1-9(2)10-6-12(24-3)11(16-20-4-5-21-16)7-13(10)25-14-8-22-17(19)23-15(14)18/h4-9H,1-3H3,(H,20,21)(H4,18,19,22,23). The van der Waals surface area contributed by atoms with Gasteiger partial charge in [0.1, 0.15) is 17.3 Å². The summed E-state index contributed by atoms with van der Waals surface area (Å²) >= 11 is 0. The summed E-state index contributed by atoms with van der Waals surface area (Å²) in [5.41, 5.74) is 13.2. The van der Waals surface area contributed by atoms with Crippen molar-refractivity contribution in [1.29, 1.82) is 0 Å². The van der Waals surface area contributed by atoms with Gasteiger partial charge >= 0.3 is 0 Å². The van der Waals surface area contributed by atoms with Crippen LogP contribution in [-0.4, -0.2) is 27.0 Å². The Morgan fingerprint density at radius 3 is 2.48 bits per heavy atom. The van der Waals surface area contributed by atoms with Gasteiger partial charge in [-0.15, -0.1) is 0 Å². The molecule has 0 atom stereocenters. The second kappa shape index (κ2) is 6.68. The van der Waals surface area contributed by atoms with Crippen LogP contribution in [0, 0.1) is 0 Å². The van der Waals surface area contributed by atoms with Crippen molar-refractivity contribution in [2.24, 2.45) is 0 Å². The monoisotopic (exact) mass is 340 g/mol. The number of hydrogen-bond acceptors (Lipinski definition) is 7. The molecule has 2 heterocycles. The van der Waals surface area contributed by atoms with Gasteiger partial charge in [0.05, 0.1) is 18.9 Å². The van der Waals surface area contributed by atoms with Crippen LogP contribution in [0.3, 0.4) is 0 Å². The molecule has 0 saturated carbocycles. The molecule has 5 N–H and O–H groups in total. The first-order chi connectivity index (χ1) is 12.0. The van der Waals surface area contributed by atoms with Crippen LogP contribution in [0.2, 0.25) is 0 Å². The number of rotatable bonds is 5.